The molecule has 1 N–H and O–H groups in total. The van der Waals surface area contributed by atoms with Crippen LogP contribution in [-0.2, 0) is 7.05 Å². The van der Waals surface area contributed by atoms with Gasteiger partial charge in [-0.25, -0.2) is 0 Å². The van der Waals surface area contributed by atoms with Crippen molar-refractivity contribution in [2.75, 3.05) is 13.1 Å². The number of nitrogens with one attached hydrogen (secondary N) is 1. The number of rotatable bonds is 1. The van der Waals surface area contributed by atoms with Gasteiger partial charge < -0.3 is 14.8 Å². The summed E-state index contributed by atoms with van der Waals surface area (Å²) in [6.07, 6.45) is 5.30. The van der Waals surface area contributed by atoms with Crippen molar-refractivity contribution in [3.05, 3.63) is 22.4 Å². The van der Waals surface area contributed by atoms with E-state index in [1.54, 1.807) is 0 Å². The maximum absolute atomic E-state index is 12.7. The molecule has 0 aromatic carbocycles. The molecule has 2 aliphatic heterocycles. The minimum absolute atomic E-state index is 0.180. The Balaban J connectivity index is 1.90. The van der Waals surface area contributed by atoms with Gasteiger partial charge in [0.05, 0.1) is 0 Å². The van der Waals surface area contributed by atoms with Crippen LogP contribution in [0.3, 0.4) is 0 Å². The predicted octanol–water partition coefficient (Wildman–Crippen LogP) is 1.75. The van der Waals surface area contributed by atoms with Crippen molar-refractivity contribution in [1.29, 1.82) is 0 Å². The Bertz CT molecular complexity index is 457. The van der Waals surface area contributed by atoms with Crippen LogP contribution < -0.4 is 5.32 Å². The SMILES string of the molecule is Cn1cc(Br)cc1C(=O)N1C2CCNCC1CC2. The van der Waals surface area contributed by atoms with E-state index in [1.165, 1.54) is 0 Å². The minimum atomic E-state index is 0.180. The van der Waals surface area contributed by atoms with Gasteiger partial charge in [0.2, 0.25) is 0 Å². The third-order valence-corrected chi connectivity index (χ3v) is 4.51. The van der Waals surface area contributed by atoms with Gasteiger partial charge in [0.1, 0.15) is 5.69 Å². The largest absolute Gasteiger partial charge is 0.345 e. The fourth-order valence-electron chi connectivity index (χ4n) is 3.18. The molecule has 1 aromatic rings. The zero-order valence-electron chi connectivity index (χ0n) is 10.5. The van der Waals surface area contributed by atoms with Crippen molar-refractivity contribution >= 4 is 21.8 Å². The van der Waals surface area contributed by atoms with E-state index in [2.05, 4.69) is 26.1 Å². The summed E-state index contributed by atoms with van der Waals surface area (Å²) in [6.45, 7) is 1.97. The molecular formula is C13H18BrN3O. The quantitative estimate of drug-likeness (QED) is 0.858. The molecule has 5 heteroatoms. The van der Waals surface area contributed by atoms with Gasteiger partial charge in [0.25, 0.3) is 5.91 Å². The second-order valence-electron chi connectivity index (χ2n) is 5.24. The van der Waals surface area contributed by atoms with Crippen molar-refractivity contribution in [3.8, 4) is 0 Å². The lowest BCUT2D eigenvalue weighted by atomic mass is 10.1. The second-order valence-corrected chi connectivity index (χ2v) is 6.16. The van der Waals surface area contributed by atoms with Crippen LogP contribution in [0.2, 0.25) is 0 Å². The maximum Gasteiger partial charge on any atom is 0.271 e. The molecule has 18 heavy (non-hydrogen) atoms. The third-order valence-electron chi connectivity index (χ3n) is 4.08. The van der Waals surface area contributed by atoms with Gasteiger partial charge in [-0.15, -0.1) is 0 Å². The number of halogens is 1. The number of aryl methyl sites for hydroxylation is 1. The molecule has 2 fully saturated rings. The van der Waals surface area contributed by atoms with Gasteiger partial charge in [-0.05, 0) is 47.8 Å². The molecule has 2 saturated heterocycles. The number of amides is 1. The van der Waals surface area contributed by atoms with Crippen LogP contribution in [0.1, 0.15) is 29.8 Å². The molecule has 98 valence electrons. The molecule has 2 unspecified atom stereocenters. The van der Waals surface area contributed by atoms with Crippen molar-refractivity contribution in [1.82, 2.24) is 14.8 Å². The lowest BCUT2D eigenvalue weighted by molar-refractivity contribution is 0.0670. The molecule has 3 heterocycles. The highest BCUT2D eigenvalue weighted by molar-refractivity contribution is 9.10. The highest BCUT2D eigenvalue weighted by Crippen LogP contribution is 2.30. The lowest BCUT2D eigenvalue weighted by Crippen LogP contribution is -2.43. The van der Waals surface area contributed by atoms with E-state index in [4.69, 9.17) is 0 Å². The number of carbonyl (C=O) groups is 1. The summed E-state index contributed by atoms with van der Waals surface area (Å²) in [6, 6.07) is 2.71. The van der Waals surface area contributed by atoms with Crippen molar-refractivity contribution in [2.45, 2.75) is 31.3 Å². The fourth-order valence-corrected chi connectivity index (χ4v) is 3.71. The number of carbonyl (C=O) groups excluding carboxylic acids is 1. The summed E-state index contributed by atoms with van der Waals surface area (Å²) in [5.41, 5.74) is 0.778. The Kier molecular flexibility index (Phi) is 3.20. The van der Waals surface area contributed by atoms with Crippen LogP contribution in [0.25, 0.3) is 0 Å². The third kappa shape index (κ3) is 1.99. The number of aromatic nitrogens is 1. The molecule has 0 aliphatic carbocycles. The van der Waals surface area contributed by atoms with E-state index in [1.807, 2.05) is 23.9 Å². The van der Waals surface area contributed by atoms with E-state index < -0.39 is 0 Å². The first-order valence-electron chi connectivity index (χ1n) is 6.52. The summed E-state index contributed by atoms with van der Waals surface area (Å²) in [5, 5.41) is 3.42. The van der Waals surface area contributed by atoms with Crippen molar-refractivity contribution < 1.29 is 4.79 Å². The van der Waals surface area contributed by atoms with Crippen LogP contribution in [0.15, 0.2) is 16.7 Å². The minimum Gasteiger partial charge on any atom is -0.345 e. The van der Waals surface area contributed by atoms with Crippen LogP contribution >= 0.6 is 15.9 Å². The van der Waals surface area contributed by atoms with E-state index >= 15 is 0 Å². The molecule has 0 spiro atoms. The molecule has 4 nitrogen and oxygen atoms in total. The fraction of sp³-hybridized carbons (Fsp3) is 0.615. The molecular weight excluding hydrogens is 294 g/mol. The Morgan fingerprint density at radius 2 is 2.17 bits per heavy atom. The van der Waals surface area contributed by atoms with Gasteiger partial charge >= 0.3 is 0 Å². The molecule has 1 aromatic heterocycles. The van der Waals surface area contributed by atoms with Gasteiger partial charge in [-0.1, -0.05) is 0 Å². The standard InChI is InChI=1S/C13H18BrN3O/c1-16-8-9(14)6-12(16)13(18)17-10-2-3-11(17)7-15-5-4-10/h6,8,10-11,15H,2-5,7H2,1H3. The number of hydrogen-bond acceptors (Lipinski definition) is 2. The molecule has 0 saturated carbocycles. The summed E-state index contributed by atoms with van der Waals surface area (Å²) in [5.74, 6) is 0.180. The first-order valence-corrected chi connectivity index (χ1v) is 7.31. The smallest absolute Gasteiger partial charge is 0.271 e. The average Bonchev–Trinajstić information content (AvgIpc) is 2.76. The first-order chi connectivity index (χ1) is 8.66. The average molecular weight is 312 g/mol. The molecule has 2 atom stereocenters. The Labute approximate surface area is 115 Å². The maximum atomic E-state index is 12.7. The van der Waals surface area contributed by atoms with Gasteiger partial charge in [0.15, 0.2) is 0 Å². The van der Waals surface area contributed by atoms with E-state index in [-0.39, 0.29) is 5.91 Å². The highest BCUT2D eigenvalue weighted by Gasteiger charge is 2.38. The number of hydrogen-bond donors (Lipinski definition) is 1. The Hall–Kier alpha value is -0.810. The van der Waals surface area contributed by atoms with E-state index in [0.717, 1.165) is 42.5 Å². The zero-order chi connectivity index (χ0) is 12.7. The van der Waals surface area contributed by atoms with E-state index in [0.29, 0.717) is 12.1 Å². The van der Waals surface area contributed by atoms with Crippen LogP contribution in [0.5, 0.6) is 0 Å². The van der Waals surface area contributed by atoms with E-state index in [9.17, 15) is 4.79 Å². The highest BCUT2D eigenvalue weighted by atomic mass is 79.9. The Morgan fingerprint density at radius 1 is 1.39 bits per heavy atom. The van der Waals surface area contributed by atoms with Gasteiger partial charge in [0, 0.05) is 36.3 Å². The van der Waals surface area contributed by atoms with Crippen LogP contribution in [-0.4, -0.2) is 40.5 Å². The topological polar surface area (TPSA) is 37.3 Å². The summed E-state index contributed by atoms with van der Waals surface area (Å²) < 4.78 is 2.87. The summed E-state index contributed by atoms with van der Waals surface area (Å²) in [4.78, 5) is 14.8. The molecule has 3 rings (SSSR count). The van der Waals surface area contributed by atoms with Crippen LogP contribution in [0.4, 0.5) is 0 Å². The van der Waals surface area contributed by atoms with Gasteiger partial charge in [-0.3, -0.25) is 4.79 Å². The first kappa shape index (κ1) is 12.2. The normalized spacial score (nSPS) is 27.3. The van der Waals surface area contributed by atoms with Crippen molar-refractivity contribution in [3.63, 3.8) is 0 Å². The lowest BCUT2D eigenvalue weighted by Gasteiger charge is -2.28. The number of fused-ring (bicyclic) bond motifs is 2. The molecule has 0 radical (unpaired) electrons. The molecule has 2 bridgehead atoms. The van der Waals surface area contributed by atoms with Crippen molar-refractivity contribution in [2.24, 2.45) is 7.05 Å². The monoisotopic (exact) mass is 311 g/mol. The molecule has 1 amide bonds. The summed E-state index contributed by atoms with van der Waals surface area (Å²) in [7, 11) is 1.93. The molecule has 2 aliphatic rings. The summed E-state index contributed by atoms with van der Waals surface area (Å²) >= 11 is 3.43. The Morgan fingerprint density at radius 3 is 2.89 bits per heavy atom. The predicted molar refractivity (Wildman–Crippen MR) is 73.6 cm³/mol. The number of nitrogens with zero attached hydrogens (tertiary/aromatic N) is 2. The zero-order valence-corrected chi connectivity index (χ0v) is 12.1. The second kappa shape index (κ2) is 4.70. The van der Waals surface area contributed by atoms with Gasteiger partial charge in [-0.2, -0.15) is 0 Å². The van der Waals surface area contributed by atoms with Crippen LogP contribution in [0, 0.1) is 0 Å².